The van der Waals surface area contributed by atoms with Crippen LogP contribution in [0.1, 0.15) is 5.56 Å². The molecule has 1 saturated heterocycles. The summed E-state index contributed by atoms with van der Waals surface area (Å²) in [6.07, 6.45) is 0. The van der Waals surface area contributed by atoms with Crippen molar-refractivity contribution in [3.63, 3.8) is 0 Å². The number of urea groups is 1. The normalized spacial score (nSPS) is 14.6. The largest absolute Gasteiger partial charge is 0.504 e. The smallest absolute Gasteiger partial charge is 0.326 e. The molecule has 1 aliphatic heterocycles. The standard InChI is InChI=1S/C7H8O2.C5H8N2O2/c1-5-3-2-4-6(8)7(5)9;1-6-3-4(8)7(2)5(6)9/h2-4,8-9H,1H3;3H2,1-2H3. The zero-order valence-electron chi connectivity index (χ0n) is 10.5. The summed E-state index contributed by atoms with van der Waals surface area (Å²) in [6, 6.07) is 4.64. The van der Waals surface area contributed by atoms with E-state index in [2.05, 4.69) is 0 Å². The van der Waals surface area contributed by atoms with Crippen LogP contribution in [0, 0.1) is 6.92 Å². The first-order chi connectivity index (χ1) is 8.34. The van der Waals surface area contributed by atoms with Crippen molar-refractivity contribution in [3.05, 3.63) is 23.8 Å². The van der Waals surface area contributed by atoms with Crippen LogP contribution in [0.2, 0.25) is 0 Å². The second-order valence-corrected chi connectivity index (χ2v) is 4.03. The Morgan fingerprint density at radius 2 is 1.78 bits per heavy atom. The number of hydrogen-bond donors (Lipinski definition) is 2. The molecule has 0 bridgehead atoms. The predicted octanol–water partition coefficient (Wildman–Crippen LogP) is 0.916. The summed E-state index contributed by atoms with van der Waals surface area (Å²) in [5.74, 6) is -0.227. The van der Waals surface area contributed by atoms with E-state index in [1.807, 2.05) is 0 Å². The van der Waals surface area contributed by atoms with Crippen molar-refractivity contribution in [2.75, 3.05) is 20.6 Å². The van der Waals surface area contributed by atoms with Gasteiger partial charge in [0, 0.05) is 14.1 Å². The number of carbonyl (C=O) groups excluding carboxylic acids is 2. The van der Waals surface area contributed by atoms with Gasteiger partial charge in [-0.2, -0.15) is 0 Å². The number of carbonyl (C=O) groups is 2. The third-order valence-electron chi connectivity index (χ3n) is 2.58. The molecule has 0 unspecified atom stereocenters. The molecular formula is C12H16N2O4. The number of aryl methyl sites for hydroxylation is 1. The number of phenolic OH excluding ortho intramolecular Hbond substituents is 2. The number of hydrogen-bond acceptors (Lipinski definition) is 4. The highest BCUT2D eigenvalue weighted by Gasteiger charge is 2.29. The van der Waals surface area contributed by atoms with Gasteiger partial charge in [-0.15, -0.1) is 0 Å². The molecule has 6 nitrogen and oxygen atoms in total. The second-order valence-electron chi connectivity index (χ2n) is 4.03. The lowest BCUT2D eigenvalue weighted by Crippen LogP contribution is -2.27. The van der Waals surface area contributed by atoms with Crippen molar-refractivity contribution in [2.24, 2.45) is 0 Å². The molecule has 6 heteroatoms. The summed E-state index contributed by atoms with van der Waals surface area (Å²) in [6.45, 7) is 1.95. The minimum Gasteiger partial charge on any atom is -0.504 e. The number of benzene rings is 1. The minimum absolute atomic E-state index is 0.0301. The molecule has 1 aromatic rings. The first-order valence-corrected chi connectivity index (χ1v) is 5.33. The number of aromatic hydroxyl groups is 2. The van der Waals surface area contributed by atoms with Gasteiger partial charge < -0.3 is 15.1 Å². The van der Waals surface area contributed by atoms with Crippen LogP contribution in [0.5, 0.6) is 11.5 Å². The Balaban J connectivity index is 0.000000180. The lowest BCUT2D eigenvalue weighted by Gasteiger charge is -2.05. The van der Waals surface area contributed by atoms with Crippen molar-refractivity contribution in [2.45, 2.75) is 6.92 Å². The van der Waals surface area contributed by atoms with Gasteiger partial charge in [-0.25, -0.2) is 4.79 Å². The Labute approximate surface area is 105 Å². The number of para-hydroxylation sites is 1. The number of likely N-dealkylation sites (N-methyl/N-ethyl adjacent to an activating group) is 2. The highest BCUT2D eigenvalue weighted by Crippen LogP contribution is 2.26. The fraction of sp³-hybridized carbons (Fsp3) is 0.333. The van der Waals surface area contributed by atoms with Crippen LogP contribution in [-0.2, 0) is 4.79 Å². The zero-order chi connectivity index (χ0) is 13.9. The van der Waals surface area contributed by atoms with E-state index in [4.69, 9.17) is 10.2 Å². The van der Waals surface area contributed by atoms with Crippen LogP contribution < -0.4 is 0 Å². The molecule has 0 atom stereocenters. The van der Waals surface area contributed by atoms with Crippen LogP contribution in [-0.4, -0.2) is 52.6 Å². The van der Waals surface area contributed by atoms with Gasteiger partial charge in [0.25, 0.3) is 0 Å². The van der Waals surface area contributed by atoms with Gasteiger partial charge in [0.2, 0.25) is 5.91 Å². The van der Waals surface area contributed by atoms with Gasteiger partial charge in [0.15, 0.2) is 11.5 Å². The molecule has 2 rings (SSSR count). The molecule has 18 heavy (non-hydrogen) atoms. The fourth-order valence-electron chi connectivity index (χ4n) is 1.38. The summed E-state index contributed by atoms with van der Waals surface area (Å²) in [5, 5.41) is 17.8. The monoisotopic (exact) mass is 252 g/mol. The molecule has 2 N–H and O–H groups in total. The molecule has 0 radical (unpaired) electrons. The molecular weight excluding hydrogens is 236 g/mol. The first kappa shape index (κ1) is 13.8. The van der Waals surface area contributed by atoms with Crippen LogP contribution in [0.25, 0.3) is 0 Å². The SMILES string of the molecule is CN1CC(=O)N(C)C1=O.Cc1cccc(O)c1O. The van der Waals surface area contributed by atoms with Gasteiger partial charge in [0.1, 0.15) is 6.54 Å². The summed E-state index contributed by atoms with van der Waals surface area (Å²) < 4.78 is 0. The lowest BCUT2D eigenvalue weighted by molar-refractivity contribution is -0.124. The summed E-state index contributed by atoms with van der Waals surface area (Å²) in [7, 11) is 3.08. The van der Waals surface area contributed by atoms with Crippen molar-refractivity contribution >= 4 is 11.9 Å². The van der Waals surface area contributed by atoms with E-state index in [-0.39, 0.29) is 30.0 Å². The first-order valence-electron chi connectivity index (χ1n) is 5.33. The van der Waals surface area contributed by atoms with Crippen molar-refractivity contribution < 1.29 is 19.8 Å². The molecule has 1 heterocycles. The number of rotatable bonds is 0. The zero-order valence-corrected chi connectivity index (χ0v) is 10.5. The summed E-state index contributed by atoms with van der Waals surface area (Å²) in [4.78, 5) is 23.9. The number of imide groups is 1. The Morgan fingerprint density at radius 1 is 1.17 bits per heavy atom. The maximum absolute atomic E-state index is 10.7. The molecule has 1 fully saturated rings. The van der Waals surface area contributed by atoms with Crippen LogP contribution in [0.3, 0.4) is 0 Å². The average molecular weight is 252 g/mol. The molecule has 0 aliphatic carbocycles. The maximum Gasteiger partial charge on any atom is 0.326 e. The topological polar surface area (TPSA) is 81.1 Å². The van der Waals surface area contributed by atoms with E-state index in [9.17, 15) is 9.59 Å². The van der Waals surface area contributed by atoms with E-state index in [0.717, 1.165) is 4.90 Å². The van der Waals surface area contributed by atoms with E-state index in [1.165, 1.54) is 18.0 Å². The third kappa shape index (κ3) is 2.91. The minimum atomic E-state index is -0.222. The van der Waals surface area contributed by atoms with Crippen molar-refractivity contribution in [1.29, 1.82) is 0 Å². The van der Waals surface area contributed by atoms with Gasteiger partial charge in [-0.1, -0.05) is 12.1 Å². The predicted molar refractivity (Wildman–Crippen MR) is 65.3 cm³/mol. The molecule has 0 saturated carbocycles. The van der Waals surface area contributed by atoms with E-state index >= 15 is 0 Å². The van der Waals surface area contributed by atoms with Crippen molar-refractivity contribution in [3.8, 4) is 11.5 Å². The second kappa shape index (κ2) is 5.39. The summed E-state index contributed by atoms with van der Waals surface area (Å²) in [5.41, 5.74) is 0.690. The van der Waals surface area contributed by atoms with Crippen LogP contribution in [0.15, 0.2) is 18.2 Å². The molecule has 1 aromatic carbocycles. The molecule has 3 amide bonds. The van der Waals surface area contributed by atoms with Gasteiger partial charge in [-0.3, -0.25) is 9.69 Å². The summed E-state index contributed by atoms with van der Waals surface area (Å²) >= 11 is 0. The highest BCUT2D eigenvalue weighted by molar-refractivity contribution is 6.01. The molecule has 0 aromatic heterocycles. The van der Waals surface area contributed by atoms with Crippen LogP contribution >= 0.6 is 0 Å². The fourth-order valence-corrected chi connectivity index (χ4v) is 1.38. The lowest BCUT2D eigenvalue weighted by atomic mass is 10.2. The van der Waals surface area contributed by atoms with Crippen LogP contribution in [0.4, 0.5) is 4.79 Å². The van der Waals surface area contributed by atoms with E-state index < -0.39 is 0 Å². The van der Waals surface area contributed by atoms with Gasteiger partial charge in [0.05, 0.1) is 0 Å². The number of phenols is 2. The molecule has 1 aliphatic rings. The highest BCUT2D eigenvalue weighted by atomic mass is 16.3. The molecule has 0 spiro atoms. The third-order valence-corrected chi connectivity index (χ3v) is 2.58. The number of nitrogens with zero attached hydrogens (tertiary/aromatic N) is 2. The van der Waals surface area contributed by atoms with Crippen molar-refractivity contribution in [1.82, 2.24) is 9.80 Å². The quantitative estimate of drug-likeness (QED) is 0.531. The molecule has 98 valence electrons. The van der Waals surface area contributed by atoms with E-state index in [0.29, 0.717) is 5.56 Å². The Morgan fingerprint density at radius 3 is 2.06 bits per heavy atom. The van der Waals surface area contributed by atoms with Gasteiger partial charge >= 0.3 is 6.03 Å². The van der Waals surface area contributed by atoms with Gasteiger partial charge in [-0.05, 0) is 18.6 Å². The average Bonchev–Trinajstić information content (AvgIpc) is 2.54. The number of amides is 3. The maximum atomic E-state index is 10.7. The van der Waals surface area contributed by atoms with E-state index in [1.54, 1.807) is 26.1 Å². The Bertz CT molecular complexity index is 453. The Hall–Kier alpha value is -2.24. The Kier molecular flexibility index (Phi) is 4.14.